The largest absolute Gasteiger partial charge is 0.507 e. The van der Waals surface area contributed by atoms with Crippen LogP contribution in [0.15, 0.2) is 85.8 Å². The summed E-state index contributed by atoms with van der Waals surface area (Å²) in [4.78, 5) is 49.0. The number of hydrogen-bond donors (Lipinski definition) is 2. The molecule has 7 aromatic rings. The number of pyridine rings is 1. The SMILES string of the molecule is C=CCNc1ccc([N+](=O)[O-])cc1-c1nn(C)cc1C#CC(C)(C)C.Cn1cc(C(=O)CC(C)(C)C)c(-c2cc([N+](=O)[O-])ccc2O)n1.Cn1cc2c(CC(C)(C)C)nc3ccc([N+](=O)[O-])cc3c2n1. The van der Waals surface area contributed by atoms with Gasteiger partial charge in [0.25, 0.3) is 17.1 Å². The number of Topliss-reactive ketones (excluding diaryl/α,β-unsaturated/α-hetero) is 1. The molecule has 0 atom stereocenters. The molecule has 0 radical (unpaired) electrons. The Morgan fingerprint density at radius 2 is 1.29 bits per heavy atom. The van der Waals surface area contributed by atoms with Crippen LogP contribution in [0.2, 0.25) is 0 Å². The van der Waals surface area contributed by atoms with Gasteiger partial charge in [0.2, 0.25) is 0 Å². The van der Waals surface area contributed by atoms with E-state index in [1.807, 2.05) is 61.0 Å². The predicted octanol–water partition coefficient (Wildman–Crippen LogP) is 10.9. The second kappa shape index (κ2) is 20.9. The Morgan fingerprint density at radius 1 is 0.729 bits per heavy atom. The third-order valence-electron chi connectivity index (χ3n) is 10.1. The Balaban J connectivity index is 0.000000196. The molecule has 366 valence electrons. The number of fused-ring (bicyclic) bond motifs is 3. The van der Waals surface area contributed by atoms with Gasteiger partial charge in [-0.05, 0) is 56.2 Å². The summed E-state index contributed by atoms with van der Waals surface area (Å²) in [6, 6.07) is 13.1. The molecule has 0 saturated heterocycles. The Kier molecular flexibility index (Phi) is 15.8. The van der Waals surface area contributed by atoms with Gasteiger partial charge in [-0.15, -0.1) is 6.58 Å². The van der Waals surface area contributed by atoms with Crippen LogP contribution < -0.4 is 5.32 Å². The van der Waals surface area contributed by atoms with Crippen LogP contribution >= 0.6 is 0 Å². The van der Waals surface area contributed by atoms with Crippen molar-refractivity contribution >= 4 is 50.3 Å². The summed E-state index contributed by atoms with van der Waals surface area (Å²) in [5, 5.41) is 61.2. The maximum absolute atomic E-state index is 12.5. The van der Waals surface area contributed by atoms with E-state index >= 15 is 0 Å². The summed E-state index contributed by atoms with van der Waals surface area (Å²) in [5.41, 5.74) is 5.69. The zero-order valence-corrected chi connectivity index (χ0v) is 41.6. The number of carbonyl (C=O) groups excluding carboxylic acids is 1. The molecule has 0 aliphatic rings. The number of aromatic hydroxyl groups is 1. The van der Waals surface area contributed by atoms with Crippen LogP contribution in [0, 0.1) is 58.4 Å². The van der Waals surface area contributed by atoms with Crippen LogP contribution in [0.25, 0.3) is 44.3 Å². The van der Waals surface area contributed by atoms with Crippen LogP contribution in [0.3, 0.4) is 0 Å². The number of phenolic OH excluding ortho intramolecular Hbond substituents is 1. The molecule has 19 heteroatoms. The number of rotatable bonds is 11. The van der Waals surface area contributed by atoms with E-state index in [1.165, 1.54) is 41.1 Å². The fraction of sp³-hybridized carbons (Fsp3) is 0.353. The van der Waals surface area contributed by atoms with Crippen molar-refractivity contribution in [3.05, 3.63) is 133 Å². The highest BCUT2D eigenvalue weighted by atomic mass is 16.6. The molecule has 0 aliphatic carbocycles. The van der Waals surface area contributed by atoms with Crippen molar-refractivity contribution < 1.29 is 24.7 Å². The second-order valence-corrected chi connectivity index (χ2v) is 20.2. The van der Waals surface area contributed by atoms with Crippen LogP contribution in [-0.4, -0.2) is 66.5 Å². The fourth-order valence-electron chi connectivity index (χ4n) is 7.17. The van der Waals surface area contributed by atoms with E-state index in [4.69, 9.17) is 4.98 Å². The van der Waals surface area contributed by atoms with E-state index in [2.05, 4.69) is 59.8 Å². The van der Waals surface area contributed by atoms with E-state index in [0.717, 1.165) is 45.2 Å². The number of aromatic nitrogens is 7. The van der Waals surface area contributed by atoms with E-state index in [9.17, 15) is 40.2 Å². The molecule has 0 amide bonds. The first-order valence-corrected chi connectivity index (χ1v) is 22.2. The van der Waals surface area contributed by atoms with Crippen LogP contribution in [-0.2, 0) is 27.6 Å². The lowest BCUT2D eigenvalue weighted by molar-refractivity contribution is -0.385. The lowest BCUT2D eigenvalue weighted by atomic mass is 9.87. The van der Waals surface area contributed by atoms with Gasteiger partial charge < -0.3 is 10.4 Å². The van der Waals surface area contributed by atoms with E-state index in [0.29, 0.717) is 29.8 Å². The highest BCUT2D eigenvalue weighted by molar-refractivity contribution is 6.05. The van der Waals surface area contributed by atoms with E-state index < -0.39 is 14.8 Å². The van der Waals surface area contributed by atoms with Gasteiger partial charge in [-0.2, -0.15) is 15.3 Å². The minimum Gasteiger partial charge on any atom is -0.507 e. The highest BCUT2D eigenvalue weighted by Gasteiger charge is 2.26. The number of nitrogens with one attached hydrogen (secondary N) is 1. The average Bonchev–Trinajstić information content (AvgIpc) is 3.96. The maximum Gasteiger partial charge on any atom is 0.270 e. The quantitative estimate of drug-likeness (QED) is 0.0403. The zero-order valence-electron chi connectivity index (χ0n) is 41.6. The number of benzene rings is 3. The average molecular weight is 954 g/mol. The summed E-state index contributed by atoms with van der Waals surface area (Å²) in [5.74, 6) is 6.07. The topological polar surface area (TPSA) is 245 Å². The summed E-state index contributed by atoms with van der Waals surface area (Å²) in [7, 11) is 5.32. The number of hydrogen-bond acceptors (Lipinski definition) is 13. The number of ketones is 1. The first-order chi connectivity index (χ1) is 32.5. The van der Waals surface area contributed by atoms with Gasteiger partial charge in [0, 0.05) is 117 Å². The molecular weight excluding hydrogens is 895 g/mol. The zero-order chi connectivity index (χ0) is 52.0. The van der Waals surface area contributed by atoms with Gasteiger partial charge in [0.15, 0.2) is 5.78 Å². The molecule has 4 heterocycles. The molecule has 0 saturated carbocycles. The highest BCUT2D eigenvalue weighted by Crippen LogP contribution is 2.36. The standard InChI is InChI=1S/C19H22N4O2.C16H18N4O2.C16H19N3O4/c1-6-11-20-17-8-7-15(23(24)25)12-16(17)18-14(13-22(5)21-18)9-10-19(2,3)4;1-16(2,3)8-14-12-9-19(4)18-15(12)11-7-10(20(21)22)5-6-13(11)17-14;1-16(2,3)8-14(21)12-9-18(4)17-15(12)11-7-10(19(22)23)5-6-13(11)20/h6-8,12-13,20H,1,11H2,2-5H3;5-7,9H,8H2,1-4H3;5-7,9,20H,8H2,1-4H3. The van der Waals surface area contributed by atoms with Crippen molar-refractivity contribution in [3.8, 4) is 40.1 Å². The van der Waals surface area contributed by atoms with Crippen molar-refractivity contribution in [2.24, 2.45) is 37.4 Å². The van der Waals surface area contributed by atoms with Crippen molar-refractivity contribution in [2.45, 2.75) is 75.2 Å². The molecule has 0 fully saturated rings. The summed E-state index contributed by atoms with van der Waals surface area (Å²) >= 11 is 0. The Hall–Kier alpha value is -8.27. The van der Waals surface area contributed by atoms with Crippen LogP contribution in [0.4, 0.5) is 22.7 Å². The number of nitro benzene ring substituents is 3. The summed E-state index contributed by atoms with van der Waals surface area (Å²) in [6.45, 7) is 22.7. The number of anilines is 1. The maximum atomic E-state index is 12.5. The first kappa shape index (κ1) is 52.7. The Labute approximate surface area is 405 Å². The lowest BCUT2D eigenvalue weighted by Gasteiger charge is -2.18. The van der Waals surface area contributed by atoms with E-state index in [-0.39, 0.29) is 56.1 Å². The molecule has 3 aromatic carbocycles. The molecular formula is C51H59N11O8. The molecule has 0 aliphatic heterocycles. The van der Waals surface area contributed by atoms with Gasteiger partial charge in [-0.25, -0.2) is 0 Å². The monoisotopic (exact) mass is 953 g/mol. The molecule has 2 N–H and O–H groups in total. The van der Waals surface area contributed by atoms with Gasteiger partial charge in [-0.1, -0.05) is 59.5 Å². The van der Waals surface area contributed by atoms with E-state index in [1.54, 1.807) is 53.9 Å². The summed E-state index contributed by atoms with van der Waals surface area (Å²) < 4.78 is 4.86. The number of non-ortho nitro benzene ring substituents is 3. The van der Waals surface area contributed by atoms with Crippen molar-refractivity contribution in [3.63, 3.8) is 0 Å². The number of aryl methyl sites for hydroxylation is 3. The van der Waals surface area contributed by atoms with Crippen molar-refractivity contribution in [2.75, 3.05) is 11.9 Å². The summed E-state index contributed by atoms with van der Waals surface area (Å²) in [6.07, 6.45) is 8.18. The number of nitrogens with zero attached hydrogens (tertiary/aromatic N) is 10. The first-order valence-electron chi connectivity index (χ1n) is 22.2. The van der Waals surface area contributed by atoms with Gasteiger partial charge in [0.05, 0.1) is 42.7 Å². The molecule has 0 bridgehead atoms. The van der Waals surface area contributed by atoms with Crippen LogP contribution in [0.1, 0.15) is 90.3 Å². The Bertz CT molecular complexity index is 3200. The van der Waals surface area contributed by atoms with Gasteiger partial charge in [-0.3, -0.25) is 54.2 Å². The molecule has 0 spiro atoms. The minimum absolute atomic E-state index is 0.0135. The van der Waals surface area contributed by atoms with Crippen molar-refractivity contribution in [1.29, 1.82) is 0 Å². The van der Waals surface area contributed by atoms with Crippen LogP contribution in [0.5, 0.6) is 5.75 Å². The second-order valence-electron chi connectivity index (χ2n) is 20.2. The number of nitro groups is 3. The Morgan fingerprint density at radius 3 is 1.87 bits per heavy atom. The van der Waals surface area contributed by atoms with Gasteiger partial charge >= 0.3 is 0 Å². The molecule has 4 aromatic heterocycles. The smallest absolute Gasteiger partial charge is 0.270 e. The predicted molar refractivity (Wildman–Crippen MR) is 272 cm³/mol. The fourth-order valence-corrected chi connectivity index (χ4v) is 7.17. The number of phenols is 1. The minimum atomic E-state index is -0.553. The third-order valence-corrected chi connectivity index (χ3v) is 10.1. The normalized spacial score (nSPS) is 11.4. The molecule has 7 rings (SSSR count). The van der Waals surface area contributed by atoms with Gasteiger partial charge in [0.1, 0.15) is 22.7 Å². The molecule has 70 heavy (non-hydrogen) atoms. The van der Waals surface area contributed by atoms with Crippen molar-refractivity contribution in [1.82, 2.24) is 34.3 Å². The lowest BCUT2D eigenvalue weighted by Crippen LogP contribution is -2.13. The molecule has 19 nitrogen and oxygen atoms in total. The number of carbonyl (C=O) groups is 1. The molecule has 0 unspecified atom stereocenters. The third kappa shape index (κ3) is 13.7.